The van der Waals surface area contributed by atoms with Crippen molar-refractivity contribution in [3.8, 4) is 11.4 Å². The Morgan fingerprint density at radius 2 is 1.66 bits per heavy atom. The van der Waals surface area contributed by atoms with Crippen LogP contribution in [-0.4, -0.2) is 46.7 Å². The van der Waals surface area contributed by atoms with Crippen LogP contribution in [-0.2, 0) is 14.3 Å². The Bertz CT molecular complexity index is 1470. The van der Waals surface area contributed by atoms with Gasteiger partial charge in [-0.15, -0.1) is 0 Å². The molecule has 1 saturated heterocycles. The van der Waals surface area contributed by atoms with Gasteiger partial charge in [0.1, 0.15) is 18.0 Å². The van der Waals surface area contributed by atoms with Gasteiger partial charge in [-0.1, -0.05) is 31.4 Å². The number of methoxy groups -OCH3 is 1. The van der Waals surface area contributed by atoms with E-state index in [2.05, 4.69) is 41.8 Å². The summed E-state index contributed by atoms with van der Waals surface area (Å²) in [6.07, 6.45) is 8.32. The highest BCUT2D eigenvalue weighted by Crippen LogP contribution is 2.34. The van der Waals surface area contributed by atoms with Gasteiger partial charge < -0.3 is 18.9 Å². The molecule has 1 amide bonds. The summed E-state index contributed by atoms with van der Waals surface area (Å²) in [5, 5.41) is 0.225. The lowest BCUT2D eigenvalue weighted by atomic mass is 9.84. The van der Waals surface area contributed by atoms with Gasteiger partial charge >= 0.3 is 5.97 Å². The number of benzene rings is 2. The number of esters is 1. The van der Waals surface area contributed by atoms with Crippen molar-refractivity contribution in [3.63, 3.8) is 0 Å². The molecule has 0 atom stereocenters. The lowest BCUT2D eigenvalue weighted by Gasteiger charge is -2.22. The van der Waals surface area contributed by atoms with Crippen molar-refractivity contribution >= 4 is 41.0 Å². The van der Waals surface area contributed by atoms with E-state index in [0.717, 1.165) is 22.6 Å². The monoisotopic (exact) mass is 571 g/mol. The van der Waals surface area contributed by atoms with Gasteiger partial charge in [0.25, 0.3) is 5.91 Å². The summed E-state index contributed by atoms with van der Waals surface area (Å²) in [5.74, 6) is 0.573. The molecule has 1 aliphatic heterocycles. The molecule has 2 heterocycles. The van der Waals surface area contributed by atoms with Crippen LogP contribution in [0.1, 0.15) is 67.5 Å². The lowest BCUT2D eigenvalue weighted by molar-refractivity contribution is -0.140. The molecular formula is C33H37N3O4S. The SMILES string of the molecule is CCOc1ccc(N2C(=O)/C(=C/c3cc(C)n(-c4ccc(C5CCCCC5)cc4)c3C)N(CC(=O)OC)C2=S)cc1. The molecular weight excluding hydrogens is 534 g/mol. The van der Waals surface area contributed by atoms with Gasteiger partial charge in [-0.25, -0.2) is 0 Å². The Morgan fingerprint density at radius 3 is 2.29 bits per heavy atom. The van der Waals surface area contributed by atoms with Gasteiger partial charge in [0.05, 0.1) is 19.4 Å². The number of amides is 1. The average Bonchev–Trinajstić information content (AvgIpc) is 3.40. The average molecular weight is 572 g/mol. The second-order valence-corrected chi connectivity index (χ2v) is 11.0. The van der Waals surface area contributed by atoms with Crippen LogP contribution in [0, 0.1) is 13.8 Å². The van der Waals surface area contributed by atoms with Gasteiger partial charge in [0, 0.05) is 17.1 Å². The number of carbonyl (C=O) groups is 2. The molecule has 2 fully saturated rings. The molecule has 1 saturated carbocycles. The second kappa shape index (κ2) is 12.3. The van der Waals surface area contributed by atoms with E-state index in [4.69, 9.17) is 21.7 Å². The first-order valence-electron chi connectivity index (χ1n) is 14.3. The van der Waals surface area contributed by atoms with Crippen LogP contribution in [0.5, 0.6) is 5.75 Å². The fourth-order valence-electron chi connectivity index (χ4n) is 5.92. The number of hydrogen-bond donors (Lipinski definition) is 0. The van der Waals surface area contributed by atoms with Crippen LogP contribution in [0.2, 0.25) is 0 Å². The van der Waals surface area contributed by atoms with E-state index < -0.39 is 5.97 Å². The van der Waals surface area contributed by atoms with Gasteiger partial charge in [-0.3, -0.25) is 14.5 Å². The number of hydrogen-bond acceptors (Lipinski definition) is 5. The molecule has 7 nitrogen and oxygen atoms in total. The largest absolute Gasteiger partial charge is 0.494 e. The van der Waals surface area contributed by atoms with Crippen LogP contribution in [0.15, 0.2) is 60.3 Å². The maximum atomic E-state index is 13.8. The molecule has 2 aromatic carbocycles. The van der Waals surface area contributed by atoms with Gasteiger partial charge in [-0.2, -0.15) is 0 Å². The van der Waals surface area contributed by atoms with E-state index in [1.165, 1.54) is 49.7 Å². The first kappa shape index (κ1) is 28.6. The molecule has 0 unspecified atom stereocenters. The summed E-state index contributed by atoms with van der Waals surface area (Å²) in [4.78, 5) is 29.1. The van der Waals surface area contributed by atoms with Crippen molar-refractivity contribution in [1.82, 2.24) is 9.47 Å². The highest BCUT2D eigenvalue weighted by atomic mass is 32.1. The fourth-order valence-corrected chi connectivity index (χ4v) is 6.27. The van der Waals surface area contributed by atoms with E-state index in [9.17, 15) is 9.59 Å². The quantitative estimate of drug-likeness (QED) is 0.171. The molecule has 0 N–H and O–H groups in total. The van der Waals surface area contributed by atoms with Crippen molar-refractivity contribution < 1.29 is 19.1 Å². The topological polar surface area (TPSA) is 64.0 Å². The minimum Gasteiger partial charge on any atom is -0.494 e. The number of nitrogens with zero attached hydrogens (tertiary/aromatic N) is 3. The smallest absolute Gasteiger partial charge is 0.325 e. The van der Waals surface area contributed by atoms with Crippen LogP contribution < -0.4 is 9.64 Å². The first-order valence-corrected chi connectivity index (χ1v) is 14.7. The number of aryl methyl sites for hydroxylation is 1. The van der Waals surface area contributed by atoms with Crippen molar-refractivity contribution in [3.05, 3.63) is 82.8 Å². The van der Waals surface area contributed by atoms with Crippen molar-refractivity contribution in [1.29, 1.82) is 0 Å². The zero-order valence-corrected chi connectivity index (χ0v) is 25.0. The van der Waals surface area contributed by atoms with Gasteiger partial charge in [-0.05, 0) is 111 Å². The zero-order chi connectivity index (χ0) is 29.1. The van der Waals surface area contributed by atoms with Crippen LogP contribution in [0.4, 0.5) is 5.69 Å². The number of thiocarbonyl (C=S) groups is 1. The predicted octanol–water partition coefficient (Wildman–Crippen LogP) is 6.69. The van der Waals surface area contributed by atoms with E-state index in [1.807, 2.05) is 19.9 Å². The van der Waals surface area contributed by atoms with Crippen molar-refractivity contribution in [2.24, 2.45) is 0 Å². The highest BCUT2D eigenvalue weighted by Gasteiger charge is 2.40. The standard InChI is InChI=1S/C33H37N3O4S/c1-5-40-29-17-15-28(16-18-29)36-32(38)30(34(33(36)41)21-31(37)39-4)20-26-19-22(2)35(23(26)3)27-13-11-25(12-14-27)24-9-7-6-8-10-24/h11-20,24H,5-10,21H2,1-4H3/b30-20-. The number of anilines is 1. The molecule has 5 rings (SSSR count). The molecule has 0 spiro atoms. The molecule has 1 aromatic heterocycles. The van der Waals surface area contributed by atoms with Crippen LogP contribution in [0.25, 0.3) is 11.8 Å². The van der Waals surface area contributed by atoms with Crippen molar-refractivity contribution in [2.75, 3.05) is 25.2 Å². The Hall–Kier alpha value is -3.91. The van der Waals surface area contributed by atoms with Crippen molar-refractivity contribution in [2.45, 2.75) is 58.8 Å². The maximum absolute atomic E-state index is 13.8. The summed E-state index contributed by atoms with van der Waals surface area (Å²) in [6.45, 7) is 6.40. The molecule has 2 aliphatic rings. The second-order valence-electron chi connectivity index (χ2n) is 10.6. The zero-order valence-electron chi connectivity index (χ0n) is 24.2. The number of carbonyl (C=O) groups excluding carboxylic acids is 2. The van der Waals surface area contributed by atoms with Crippen LogP contribution >= 0.6 is 12.2 Å². The summed E-state index contributed by atoms with van der Waals surface area (Å²) in [5.41, 5.74) is 6.35. The summed E-state index contributed by atoms with van der Waals surface area (Å²) in [6, 6.07) is 18.1. The number of ether oxygens (including phenoxy) is 2. The molecule has 0 bridgehead atoms. The summed E-state index contributed by atoms with van der Waals surface area (Å²) < 4.78 is 12.7. The Balaban J connectivity index is 1.48. The van der Waals surface area contributed by atoms with E-state index >= 15 is 0 Å². The number of rotatable bonds is 8. The van der Waals surface area contributed by atoms with E-state index in [-0.39, 0.29) is 17.6 Å². The first-order chi connectivity index (χ1) is 19.8. The Kier molecular flexibility index (Phi) is 8.59. The minimum atomic E-state index is -0.483. The molecule has 0 radical (unpaired) electrons. The van der Waals surface area contributed by atoms with Crippen LogP contribution in [0.3, 0.4) is 0 Å². The maximum Gasteiger partial charge on any atom is 0.325 e. The predicted molar refractivity (Wildman–Crippen MR) is 165 cm³/mol. The Labute approximate surface area is 247 Å². The molecule has 41 heavy (non-hydrogen) atoms. The summed E-state index contributed by atoms with van der Waals surface area (Å²) >= 11 is 5.72. The molecule has 214 valence electrons. The molecule has 1 aliphatic carbocycles. The number of aromatic nitrogens is 1. The minimum absolute atomic E-state index is 0.165. The Morgan fingerprint density at radius 1 is 1.00 bits per heavy atom. The van der Waals surface area contributed by atoms with E-state index in [0.29, 0.717) is 29.7 Å². The van der Waals surface area contributed by atoms with Gasteiger partial charge in [0.2, 0.25) is 0 Å². The lowest BCUT2D eigenvalue weighted by Crippen LogP contribution is -2.35. The third-order valence-electron chi connectivity index (χ3n) is 8.05. The normalized spacial score (nSPS) is 17.0. The fraction of sp³-hybridized carbons (Fsp3) is 0.364. The van der Waals surface area contributed by atoms with E-state index in [1.54, 1.807) is 29.2 Å². The third-order valence-corrected chi connectivity index (χ3v) is 8.45. The molecule has 3 aromatic rings. The molecule has 8 heteroatoms. The highest BCUT2D eigenvalue weighted by molar-refractivity contribution is 7.80. The third kappa shape index (κ3) is 5.79. The summed E-state index contributed by atoms with van der Waals surface area (Å²) in [7, 11) is 1.32. The van der Waals surface area contributed by atoms with Gasteiger partial charge in [0.15, 0.2) is 5.11 Å².